The quantitative estimate of drug-likeness (QED) is 0.0505. The molecule has 3 unspecified atom stereocenters. The van der Waals surface area contributed by atoms with Gasteiger partial charge < -0.3 is 70.5 Å². The first-order valence-electron chi connectivity index (χ1n) is 26.1. The Bertz CT molecular complexity index is 1890. The van der Waals surface area contributed by atoms with Crippen LogP contribution in [-0.4, -0.2) is 265 Å². The lowest BCUT2D eigenvalue weighted by molar-refractivity contribution is -0.151. The summed E-state index contributed by atoms with van der Waals surface area (Å²) >= 11 is 0. The van der Waals surface area contributed by atoms with Crippen molar-refractivity contribution in [3.8, 4) is 0 Å². The predicted octanol–water partition coefficient (Wildman–Crippen LogP) is -1.23. The number of primary amides is 1. The molecule has 10 amide bonds. The summed E-state index contributed by atoms with van der Waals surface area (Å²) in [6, 6.07) is -2.50. The summed E-state index contributed by atoms with van der Waals surface area (Å²) in [6.45, 7) is 23.1. The monoisotopic (exact) mass is 1070 g/mol. The molecule has 0 spiro atoms. The molecule has 3 atom stereocenters. The molecule has 0 saturated carbocycles. The first-order valence-corrected chi connectivity index (χ1v) is 26.1. The third-order valence-electron chi connectivity index (χ3n) is 11.7. The number of aliphatic hydroxyl groups excluding tert-OH is 3. The summed E-state index contributed by atoms with van der Waals surface area (Å²) < 4.78 is 0. The lowest BCUT2D eigenvalue weighted by Crippen LogP contribution is -2.56. The van der Waals surface area contributed by atoms with Gasteiger partial charge in [0.25, 0.3) is 0 Å². The van der Waals surface area contributed by atoms with E-state index >= 15 is 0 Å². The second kappa shape index (κ2) is 33.5. The van der Waals surface area contributed by atoms with E-state index in [1.807, 2.05) is 27.7 Å². The van der Waals surface area contributed by atoms with Gasteiger partial charge in [0.2, 0.25) is 59.1 Å². The van der Waals surface area contributed by atoms with E-state index in [1.54, 1.807) is 69.2 Å². The maximum Gasteiger partial charge on any atom is 0.242 e. The summed E-state index contributed by atoms with van der Waals surface area (Å²) in [5, 5.41) is 34.2. The van der Waals surface area contributed by atoms with Crippen LogP contribution in [0.2, 0.25) is 0 Å². The highest BCUT2D eigenvalue weighted by Crippen LogP contribution is 2.13. The van der Waals surface area contributed by atoms with Gasteiger partial charge in [-0.2, -0.15) is 0 Å². The minimum atomic E-state index is -1.15. The topological polar surface area (TPSA) is 299 Å². The smallest absolute Gasteiger partial charge is 0.242 e. The van der Waals surface area contributed by atoms with Crippen molar-refractivity contribution in [3.63, 3.8) is 0 Å². The lowest BCUT2D eigenvalue weighted by Gasteiger charge is -2.35. The van der Waals surface area contributed by atoms with Crippen molar-refractivity contribution >= 4 is 59.1 Å². The van der Waals surface area contributed by atoms with Crippen molar-refractivity contribution in [2.75, 3.05) is 91.6 Å². The average molecular weight is 1070 g/mol. The standard InChI is InChI=1S/C51H95N11O13/c1-32(2)19-54(44(68)24-55(20-39(15)63)46(70)28-59(35(7)8)43(67)18-53-33(3)4)26-48(72)62(38(13)14)31-51(75)60(36(9)10)29-47(71)56(21-40(16)64)25-45(69)57(22-41(17)65)27-49(73)61(37(11)12)30-50(74)58(34(5)6)23-42(52)66/h32-41,53,63-65H,18-31H2,1-17H3,(H2,52,66). The molecule has 0 rings (SSSR count). The van der Waals surface area contributed by atoms with Gasteiger partial charge in [0.05, 0.1) is 57.6 Å². The normalized spacial score (nSPS) is 12.7. The number of hydrogen-bond donors (Lipinski definition) is 5. The molecule has 6 N–H and O–H groups in total. The zero-order valence-corrected chi connectivity index (χ0v) is 48.2. The maximum atomic E-state index is 14.2. The van der Waals surface area contributed by atoms with Gasteiger partial charge in [0.1, 0.15) is 26.2 Å². The summed E-state index contributed by atoms with van der Waals surface area (Å²) in [5.41, 5.74) is 5.35. The summed E-state index contributed by atoms with van der Waals surface area (Å²) in [6.07, 6.45) is -3.31. The molecule has 24 nitrogen and oxygen atoms in total. The van der Waals surface area contributed by atoms with Crippen molar-refractivity contribution < 1.29 is 63.3 Å². The van der Waals surface area contributed by atoms with Gasteiger partial charge in [0.15, 0.2) is 0 Å². The van der Waals surface area contributed by atoms with E-state index in [0.29, 0.717) is 0 Å². The van der Waals surface area contributed by atoms with E-state index in [-0.39, 0.29) is 69.7 Å². The molecule has 0 heterocycles. The number of nitrogens with one attached hydrogen (secondary N) is 1. The van der Waals surface area contributed by atoms with Gasteiger partial charge in [-0.05, 0) is 95.9 Å². The van der Waals surface area contributed by atoms with Crippen LogP contribution < -0.4 is 11.1 Å². The number of nitrogens with two attached hydrogens (primary N) is 1. The van der Waals surface area contributed by atoms with Crippen LogP contribution in [0.3, 0.4) is 0 Å². The molecule has 0 radical (unpaired) electrons. The molecule has 75 heavy (non-hydrogen) atoms. The van der Waals surface area contributed by atoms with Gasteiger partial charge >= 0.3 is 0 Å². The fraction of sp³-hybridized carbons (Fsp3) is 0.804. The molecule has 0 fully saturated rings. The maximum absolute atomic E-state index is 14.2. The van der Waals surface area contributed by atoms with Gasteiger partial charge in [-0.1, -0.05) is 27.7 Å². The van der Waals surface area contributed by atoms with Crippen LogP contribution >= 0.6 is 0 Å². The third-order valence-corrected chi connectivity index (χ3v) is 11.7. The Morgan fingerprint density at radius 2 is 0.560 bits per heavy atom. The number of amides is 10. The van der Waals surface area contributed by atoms with Crippen molar-refractivity contribution in [3.05, 3.63) is 0 Å². The highest BCUT2D eigenvalue weighted by Gasteiger charge is 2.34. The van der Waals surface area contributed by atoms with Crippen molar-refractivity contribution in [1.29, 1.82) is 0 Å². The molecule has 0 saturated heterocycles. The highest BCUT2D eigenvalue weighted by molar-refractivity contribution is 5.94. The Kier molecular flexibility index (Phi) is 31.1. The number of hydrogen-bond acceptors (Lipinski definition) is 14. The van der Waals surface area contributed by atoms with Gasteiger partial charge in [0, 0.05) is 62.4 Å². The Balaban J connectivity index is 6.57. The van der Waals surface area contributed by atoms with E-state index in [2.05, 4.69) is 5.32 Å². The van der Waals surface area contributed by atoms with Crippen LogP contribution in [-0.2, 0) is 47.9 Å². The number of nitrogens with zero attached hydrogens (tertiary/aromatic N) is 9. The van der Waals surface area contributed by atoms with Crippen molar-refractivity contribution in [2.24, 2.45) is 11.7 Å². The average Bonchev–Trinajstić information content (AvgIpc) is 3.26. The Labute approximate surface area is 446 Å². The first kappa shape index (κ1) is 69.5. The van der Waals surface area contributed by atoms with Crippen LogP contribution in [0.4, 0.5) is 0 Å². The lowest BCUT2D eigenvalue weighted by atomic mass is 10.2. The second-order valence-corrected chi connectivity index (χ2v) is 21.6. The first-order chi connectivity index (χ1) is 34.5. The molecule has 0 aliphatic carbocycles. The number of carbonyl (C=O) groups is 10. The Hall–Kier alpha value is -5.46. The fourth-order valence-electron chi connectivity index (χ4n) is 7.77. The minimum absolute atomic E-state index is 0.00698. The molecule has 0 bridgehead atoms. The number of rotatable bonds is 34. The SMILES string of the molecule is CC(C)CN(CC(=O)N(CC(=O)N(CC(=O)N(CC(=O)N(CC(=O)N(CC(=O)N(CC(N)=O)C(C)C)C(C)C)CC(C)O)CC(C)O)C(C)C)C(C)C)C(=O)CN(CC(C)O)C(=O)CN(C(=O)CNC(C)C)C(C)C. The van der Waals surface area contributed by atoms with Crippen molar-refractivity contribution in [1.82, 2.24) is 49.4 Å². The summed E-state index contributed by atoms with van der Waals surface area (Å²) in [5.74, 6) is -6.41. The van der Waals surface area contributed by atoms with Gasteiger partial charge in [-0.3, -0.25) is 47.9 Å². The molecular weight excluding hydrogens is 975 g/mol. The minimum Gasteiger partial charge on any atom is -0.392 e. The van der Waals surface area contributed by atoms with E-state index in [1.165, 1.54) is 50.2 Å². The molecule has 0 aliphatic heterocycles. The zero-order valence-electron chi connectivity index (χ0n) is 48.2. The van der Waals surface area contributed by atoms with E-state index < -0.39 is 141 Å². The van der Waals surface area contributed by atoms with Crippen LogP contribution in [0.5, 0.6) is 0 Å². The predicted molar refractivity (Wildman–Crippen MR) is 283 cm³/mol. The van der Waals surface area contributed by atoms with Crippen LogP contribution in [0.25, 0.3) is 0 Å². The second-order valence-electron chi connectivity index (χ2n) is 21.6. The van der Waals surface area contributed by atoms with Crippen LogP contribution in [0.1, 0.15) is 118 Å². The van der Waals surface area contributed by atoms with Gasteiger partial charge in [-0.15, -0.1) is 0 Å². The summed E-state index contributed by atoms with van der Waals surface area (Å²) in [7, 11) is 0. The highest BCUT2D eigenvalue weighted by atomic mass is 16.3. The molecule has 24 heteroatoms. The number of carbonyl (C=O) groups excluding carboxylic acids is 10. The molecule has 0 aromatic heterocycles. The fourth-order valence-corrected chi connectivity index (χ4v) is 7.77. The van der Waals surface area contributed by atoms with Crippen molar-refractivity contribution in [2.45, 2.75) is 172 Å². The van der Waals surface area contributed by atoms with E-state index in [4.69, 9.17) is 5.73 Å². The molecule has 0 aliphatic rings. The molecule has 0 aromatic rings. The summed E-state index contributed by atoms with van der Waals surface area (Å²) in [4.78, 5) is 147. The van der Waals surface area contributed by atoms with E-state index in [9.17, 15) is 63.3 Å². The van der Waals surface area contributed by atoms with Crippen LogP contribution in [0.15, 0.2) is 0 Å². The Morgan fingerprint density at radius 1 is 0.333 bits per heavy atom. The van der Waals surface area contributed by atoms with Crippen LogP contribution in [0, 0.1) is 5.92 Å². The van der Waals surface area contributed by atoms with E-state index in [0.717, 1.165) is 14.7 Å². The largest absolute Gasteiger partial charge is 0.392 e. The molecule has 432 valence electrons. The zero-order chi connectivity index (χ0) is 58.3. The number of aliphatic hydroxyl groups is 3. The van der Waals surface area contributed by atoms with Gasteiger partial charge in [-0.25, -0.2) is 0 Å². The Morgan fingerprint density at radius 3 is 0.813 bits per heavy atom. The third kappa shape index (κ3) is 26.2. The molecular formula is C51H95N11O13. The molecule has 0 aromatic carbocycles.